The van der Waals surface area contributed by atoms with Crippen LogP contribution in [0.25, 0.3) is 16.0 Å². The summed E-state index contributed by atoms with van der Waals surface area (Å²) in [6.45, 7) is 3.78. The van der Waals surface area contributed by atoms with Gasteiger partial charge in [0.15, 0.2) is 9.84 Å². The van der Waals surface area contributed by atoms with E-state index in [2.05, 4.69) is 11.9 Å². The van der Waals surface area contributed by atoms with Crippen molar-refractivity contribution in [3.63, 3.8) is 0 Å². The minimum atomic E-state index is -3.53. The van der Waals surface area contributed by atoms with E-state index in [9.17, 15) is 17.6 Å². The van der Waals surface area contributed by atoms with Crippen molar-refractivity contribution in [3.8, 4) is 10.4 Å². The van der Waals surface area contributed by atoms with Crippen molar-refractivity contribution in [2.24, 2.45) is 0 Å². The van der Waals surface area contributed by atoms with Gasteiger partial charge in [0.05, 0.1) is 10.6 Å². The number of rotatable bonds is 5. The second kappa shape index (κ2) is 7.87. The van der Waals surface area contributed by atoms with E-state index in [4.69, 9.17) is 11.6 Å². The summed E-state index contributed by atoms with van der Waals surface area (Å²) in [6.07, 6.45) is 1.01. The third-order valence-corrected chi connectivity index (χ3v) is 6.55. The van der Waals surface area contributed by atoms with Crippen molar-refractivity contribution >= 4 is 49.9 Å². The van der Waals surface area contributed by atoms with Crippen molar-refractivity contribution in [1.29, 1.82) is 0 Å². The number of sulfone groups is 1. The van der Waals surface area contributed by atoms with Crippen LogP contribution in [0.15, 0.2) is 66.1 Å². The van der Waals surface area contributed by atoms with Gasteiger partial charge in [0.2, 0.25) is 0 Å². The third kappa shape index (κ3) is 4.32. The summed E-state index contributed by atoms with van der Waals surface area (Å²) < 4.78 is 37.3. The Kier molecular flexibility index (Phi) is 5.69. The van der Waals surface area contributed by atoms with Crippen LogP contribution in [-0.4, -0.2) is 20.6 Å². The molecule has 1 aromatic heterocycles. The van der Waals surface area contributed by atoms with Gasteiger partial charge >= 0.3 is 0 Å². The molecule has 4 nitrogen and oxygen atoms in total. The second-order valence-electron chi connectivity index (χ2n) is 5.99. The summed E-state index contributed by atoms with van der Waals surface area (Å²) in [6, 6.07) is 14.1. The average Bonchev–Trinajstić information content (AvgIpc) is 3.12. The van der Waals surface area contributed by atoms with Crippen LogP contribution < -0.4 is 5.32 Å². The van der Waals surface area contributed by atoms with Gasteiger partial charge in [-0.05, 0) is 36.4 Å². The van der Waals surface area contributed by atoms with Crippen LogP contribution in [0.3, 0.4) is 0 Å². The van der Waals surface area contributed by atoms with Crippen molar-refractivity contribution in [2.45, 2.75) is 4.90 Å². The van der Waals surface area contributed by atoms with E-state index in [0.717, 1.165) is 34.9 Å². The van der Waals surface area contributed by atoms with Gasteiger partial charge in [0, 0.05) is 32.2 Å². The Balaban J connectivity index is 1.83. The number of anilines is 1. The first kappa shape index (κ1) is 20.3. The van der Waals surface area contributed by atoms with Crippen molar-refractivity contribution < 1.29 is 17.6 Å². The molecule has 1 N–H and O–H groups in total. The van der Waals surface area contributed by atoms with Crippen LogP contribution in [0.4, 0.5) is 10.1 Å². The lowest BCUT2D eigenvalue weighted by atomic mass is 10.2. The molecule has 0 radical (unpaired) electrons. The first-order valence-corrected chi connectivity index (χ1v) is 11.1. The van der Waals surface area contributed by atoms with Crippen molar-refractivity contribution in [1.82, 2.24) is 0 Å². The maximum absolute atomic E-state index is 14.0. The van der Waals surface area contributed by atoms with Crippen molar-refractivity contribution in [3.05, 3.63) is 76.9 Å². The summed E-state index contributed by atoms with van der Waals surface area (Å²) >= 11 is 7.52. The first-order valence-electron chi connectivity index (χ1n) is 8.02. The van der Waals surface area contributed by atoms with Crippen LogP contribution in [0.5, 0.6) is 0 Å². The molecular formula is C20H15ClFNO3S2. The molecule has 8 heteroatoms. The predicted molar refractivity (Wildman–Crippen MR) is 112 cm³/mol. The molecule has 0 unspecified atom stereocenters. The van der Waals surface area contributed by atoms with E-state index in [-0.39, 0.29) is 16.2 Å². The molecule has 1 heterocycles. The average molecular weight is 436 g/mol. The minimum Gasteiger partial charge on any atom is -0.319 e. The van der Waals surface area contributed by atoms with Crippen LogP contribution in [0.2, 0.25) is 5.02 Å². The number of hydrogen-bond donors (Lipinski definition) is 1. The van der Waals surface area contributed by atoms with Gasteiger partial charge in [-0.15, -0.1) is 11.3 Å². The lowest BCUT2D eigenvalue weighted by molar-refractivity contribution is -0.111. The molecule has 0 aliphatic rings. The molecule has 0 spiro atoms. The molecule has 3 aromatic rings. The lowest BCUT2D eigenvalue weighted by Gasteiger charge is -2.09. The van der Waals surface area contributed by atoms with E-state index in [1.54, 1.807) is 12.1 Å². The van der Waals surface area contributed by atoms with Gasteiger partial charge in [0.1, 0.15) is 5.82 Å². The molecule has 0 saturated carbocycles. The first-order chi connectivity index (χ1) is 13.2. The number of halogens is 2. The smallest absolute Gasteiger partial charge is 0.256 e. The topological polar surface area (TPSA) is 63.2 Å². The molecule has 2 aromatic carbocycles. The highest BCUT2D eigenvalue weighted by Gasteiger charge is 2.17. The summed E-state index contributed by atoms with van der Waals surface area (Å²) in [5.41, 5.74) is 0.741. The molecule has 0 aliphatic heterocycles. The van der Waals surface area contributed by atoms with Crippen LogP contribution >= 0.6 is 22.9 Å². The van der Waals surface area contributed by atoms with E-state index >= 15 is 0 Å². The zero-order chi connectivity index (χ0) is 20.5. The zero-order valence-electron chi connectivity index (χ0n) is 14.7. The normalized spacial score (nSPS) is 11.2. The standard InChI is InChI=1S/C20H15ClFNO3S2/c1-12(18-9-10-19(27-18)14-5-3-4-6-15(14)21)20(24)23-17-11-13(28(2,25)26)7-8-16(17)22/h3-11H,1H2,2H3,(H,23,24). The van der Waals surface area contributed by atoms with Gasteiger partial charge in [0.25, 0.3) is 5.91 Å². The SMILES string of the molecule is C=C(C(=O)Nc1cc(S(C)(=O)=O)ccc1F)c1ccc(-c2ccccc2Cl)s1. The summed E-state index contributed by atoms with van der Waals surface area (Å²) in [5, 5.41) is 2.97. The number of amides is 1. The van der Waals surface area contributed by atoms with E-state index in [0.29, 0.717) is 9.90 Å². The Labute approximate surface area is 171 Å². The quantitative estimate of drug-likeness (QED) is 0.439. The number of hydrogen-bond acceptors (Lipinski definition) is 4. The molecule has 144 valence electrons. The highest BCUT2D eigenvalue weighted by molar-refractivity contribution is 7.90. The largest absolute Gasteiger partial charge is 0.319 e. The van der Waals surface area contributed by atoms with Crippen molar-refractivity contribution in [2.75, 3.05) is 11.6 Å². The monoisotopic (exact) mass is 435 g/mol. The molecule has 0 atom stereocenters. The second-order valence-corrected chi connectivity index (χ2v) is 9.50. The molecule has 0 fully saturated rings. The fourth-order valence-corrected chi connectivity index (χ4v) is 4.40. The molecule has 0 aliphatic carbocycles. The summed E-state index contributed by atoms with van der Waals surface area (Å²) in [4.78, 5) is 13.9. The van der Waals surface area contributed by atoms with Gasteiger partial charge in [-0.25, -0.2) is 12.8 Å². The number of nitrogens with one attached hydrogen (secondary N) is 1. The Morgan fingerprint density at radius 3 is 2.54 bits per heavy atom. The Morgan fingerprint density at radius 2 is 1.86 bits per heavy atom. The highest BCUT2D eigenvalue weighted by Crippen LogP contribution is 2.35. The Bertz CT molecular complexity index is 1190. The molecule has 3 rings (SSSR count). The van der Waals surface area contributed by atoms with Crippen LogP contribution in [-0.2, 0) is 14.6 Å². The maximum atomic E-state index is 14.0. The minimum absolute atomic E-state index is 0.0908. The Hall–Kier alpha value is -2.48. The fraction of sp³-hybridized carbons (Fsp3) is 0.0500. The lowest BCUT2D eigenvalue weighted by Crippen LogP contribution is -2.14. The number of carbonyl (C=O) groups is 1. The van der Waals surface area contributed by atoms with Crippen LogP contribution in [0.1, 0.15) is 4.88 Å². The molecular weight excluding hydrogens is 421 g/mol. The number of benzene rings is 2. The van der Waals surface area contributed by atoms with E-state index in [1.807, 2.05) is 24.3 Å². The van der Waals surface area contributed by atoms with E-state index in [1.165, 1.54) is 11.3 Å². The molecule has 0 bridgehead atoms. The molecule has 0 saturated heterocycles. The van der Waals surface area contributed by atoms with Crippen LogP contribution in [0, 0.1) is 5.82 Å². The van der Waals surface area contributed by atoms with Gasteiger partial charge in [-0.1, -0.05) is 36.4 Å². The Morgan fingerprint density at radius 1 is 1.14 bits per heavy atom. The molecule has 28 heavy (non-hydrogen) atoms. The molecule has 1 amide bonds. The van der Waals surface area contributed by atoms with Gasteiger partial charge < -0.3 is 5.32 Å². The third-order valence-electron chi connectivity index (χ3n) is 3.93. The van der Waals surface area contributed by atoms with E-state index < -0.39 is 21.6 Å². The maximum Gasteiger partial charge on any atom is 0.256 e. The summed E-state index contributed by atoms with van der Waals surface area (Å²) in [7, 11) is -3.53. The number of carbonyl (C=O) groups excluding carboxylic acids is 1. The predicted octanol–water partition coefficient (Wildman–Crippen LogP) is 5.26. The number of thiophene rings is 1. The zero-order valence-corrected chi connectivity index (χ0v) is 17.1. The van der Waals surface area contributed by atoms with Gasteiger partial charge in [-0.2, -0.15) is 0 Å². The van der Waals surface area contributed by atoms with Gasteiger partial charge in [-0.3, -0.25) is 4.79 Å². The fourth-order valence-electron chi connectivity index (χ4n) is 2.45. The highest BCUT2D eigenvalue weighted by atomic mass is 35.5. The summed E-state index contributed by atoms with van der Waals surface area (Å²) in [5.74, 6) is -1.37.